The van der Waals surface area contributed by atoms with Crippen molar-refractivity contribution in [2.24, 2.45) is 5.92 Å². The van der Waals surface area contributed by atoms with Gasteiger partial charge in [0.25, 0.3) is 0 Å². The summed E-state index contributed by atoms with van der Waals surface area (Å²) in [5.74, 6) is 2.16. The van der Waals surface area contributed by atoms with Gasteiger partial charge in [-0.3, -0.25) is 0 Å². The maximum absolute atomic E-state index is 6.18. The molecule has 2 fully saturated rings. The van der Waals surface area contributed by atoms with Crippen LogP contribution in [0, 0.1) is 5.92 Å². The van der Waals surface area contributed by atoms with Crippen molar-refractivity contribution in [3.8, 4) is 0 Å². The fourth-order valence-corrected chi connectivity index (χ4v) is 3.17. The second kappa shape index (κ2) is 5.02. The fraction of sp³-hybridized carbons (Fsp3) is 0.733. The van der Waals surface area contributed by atoms with Gasteiger partial charge in [-0.2, -0.15) is 0 Å². The number of hydrogen-bond acceptors (Lipinski definition) is 3. The molecule has 0 aliphatic heterocycles. The molecule has 4 heteroatoms. The number of rotatable bonds is 3. The molecule has 104 valence electrons. The third-order valence-electron chi connectivity index (χ3n) is 4.59. The third kappa shape index (κ3) is 2.63. The number of halogens is 1. The predicted octanol–water partition coefficient (Wildman–Crippen LogP) is 4.06. The van der Waals surface area contributed by atoms with Gasteiger partial charge in [0.1, 0.15) is 10.8 Å². The molecule has 1 aromatic rings. The molecule has 0 amide bonds. The second-order valence-corrected chi connectivity index (χ2v) is 6.48. The Morgan fingerprint density at radius 3 is 2.47 bits per heavy atom. The van der Waals surface area contributed by atoms with Gasteiger partial charge in [-0.15, -0.1) is 0 Å². The lowest BCUT2D eigenvalue weighted by molar-refractivity contribution is -0.0598. The van der Waals surface area contributed by atoms with E-state index in [-0.39, 0.29) is 5.60 Å². The Morgan fingerprint density at radius 1 is 1.21 bits per heavy atom. The van der Waals surface area contributed by atoms with E-state index >= 15 is 0 Å². The Kier molecular flexibility index (Phi) is 3.52. The number of nitrogens with zero attached hydrogens (tertiary/aromatic N) is 2. The quantitative estimate of drug-likeness (QED) is 0.783. The van der Waals surface area contributed by atoms with Crippen molar-refractivity contribution in [3.63, 3.8) is 0 Å². The summed E-state index contributed by atoms with van der Waals surface area (Å²) in [6.45, 7) is 2.30. The van der Waals surface area contributed by atoms with Crippen LogP contribution in [0.15, 0.2) is 6.07 Å². The van der Waals surface area contributed by atoms with E-state index in [0.29, 0.717) is 11.1 Å². The minimum absolute atomic E-state index is 0.318. The largest absolute Gasteiger partial charge is 0.370 e. The molecule has 2 aliphatic rings. The molecule has 1 heterocycles. The smallest absolute Gasteiger partial charge is 0.162 e. The molecule has 0 atom stereocenters. The molecule has 0 saturated heterocycles. The van der Waals surface area contributed by atoms with E-state index in [2.05, 4.69) is 11.9 Å². The Balaban J connectivity index is 1.94. The van der Waals surface area contributed by atoms with E-state index in [9.17, 15) is 0 Å². The molecule has 0 bridgehead atoms. The first-order valence-electron chi connectivity index (χ1n) is 7.23. The van der Waals surface area contributed by atoms with Crippen LogP contribution in [0.3, 0.4) is 0 Å². The summed E-state index contributed by atoms with van der Waals surface area (Å²) in [5, 5.41) is 0.557. The molecule has 3 nitrogen and oxygen atoms in total. The average Bonchev–Trinajstić information content (AvgIpc) is 3.24. The van der Waals surface area contributed by atoms with Crippen molar-refractivity contribution in [2.75, 3.05) is 7.11 Å². The zero-order valence-electron chi connectivity index (χ0n) is 11.7. The highest BCUT2D eigenvalue weighted by Gasteiger charge is 2.39. The number of hydrogen-bond donors (Lipinski definition) is 0. The summed E-state index contributed by atoms with van der Waals surface area (Å²) in [5.41, 5.74) is 0.783. The highest BCUT2D eigenvalue weighted by Crippen LogP contribution is 2.43. The van der Waals surface area contributed by atoms with E-state index < -0.39 is 0 Å². The minimum atomic E-state index is -0.318. The molecule has 19 heavy (non-hydrogen) atoms. The van der Waals surface area contributed by atoms with Crippen molar-refractivity contribution in [1.29, 1.82) is 0 Å². The Bertz CT molecular complexity index is 465. The number of aromatic nitrogens is 2. The van der Waals surface area contributed by atoms with E-state index in [1.807, 2.05) is 6.07 Å². The van der Waals surface area contributed by atoms with Crippen LogP contribution in [0.2, 0.25) is 5.15 Å². The van der Waals surface area contributed by atoms with Crippen LogP contribution in [-0.4, -0.2) is 17.1 Å². The molecule has 0 unspecified atom stereocenters. The summed E-state index contributed by atoms with van der Waals surface area (Å²) >= 11 is 6.18. The molecule has 1 aromatic heterocycles. The van der Waals surface area contributed by atoms with E-state index in [4.69, 9.17) is 21.3 Å². The third-order valence-corrected chi connectivity index (χ3v) is 4.78. The van der Waals surface area contributed by atoms with Crippen LogP contribution >= 0.6 is 11.6 Å². The van der Waals surface area contributed by atoms with Gasteiger partial charge in [0.05, 0.1) is 0 Å². The molecule has 3 rings (SSSR count). The van der Waals surface area contributed by atoms with Crippen LogP contribution in [0.25, 0.3) is 0 Å². The standard InChI is InChI=1S/C15H21ClN2O/c1-10-5-7-15(19-2,8-6-10)14-17-12(11-3-4-11)9-13(16)18-14/h9-11H,3-8H2,1-2H3. The fourth-order valence-electron chi connectivity index (χ4n) is 2.97. The molecular formula is C15H21ClN2O. The highest BCUT2D eigenvalue weighted by atomic mass is 35.5. The molecular weight excluding hydrogens is 260 g/mol. The maximum atomic E-state index is 6.18. The first kappa shape index (κ1) is 13.3. The molecule has 0 spiro atoms. The van der Waals surface area contributed by atoms with Gasteiger partial charge in [0.2, 0.25) is 0 Å². The summed E-state index contributed by atoms with van der Waals surface area (Å²) < 4.78 is 5.84. The van der Waals surface area contributed by atoms with Gasteiger partial charge in [0.15, 0.2) is 5.82 Å². The molecule has 2 saturated carbocycles. The van der Waals surface area contributed by atoms with E-state index in [1.165, 1.54) is 25.7 Å². The van der Waals surface area contributed by atoms with Gasteiger partial charge >= 0.3 is 0 Å². The summed E-state index contributed by atoms with van der Waals surface area (Å²) in [6.07, 6.45) is 6.78. The monoisotopic (exact) mass is 280 g/mol. The number of methoxy groups -OCH3 is 1. The van der Waals surface area contributed by atoms with Gasteiger partial charge < -0.3 is 4.74 Å². The van der Waals surface area contributed by atoms with Crippen molar-refractivity contribution in [2.45, 2.75) is 57.0 Å². The van der Waals surface area contributed by atoms with Gasteiger partial charge in [0, 0.05) is 18.7 Å². The first-order chi connectivity index (χ1) is 9.13. The maximum Gasteiger partial charge on any atom is 0.162 e. The van der Waals surface area contributed by atoms with E-state index in [0.717, 1.165) is 30.3 Å². The highest BCUT2D eigenvalue weighted by molar-refractivity contribution is 6.29. The van der Waals surface area contributed by atoms with Crippen LogP contribution in [0.4, 0.5) is 0 Å². The normalized spacial score (nSPS) is 31.4. The minimum Gasteiger partial charge on any atom is -0.370 e. The van der Waals surface area contributed by atoms with E-state index in [1.54, 1.807) is 7.11 Å². The van der Waals surface area contributed by atoms with Gasteiger partial charge in [-0.1, -0.05) is 18.5 Å². The summed E-state index contributed by atoms with van der Waals surface area (Å²) in [7, 11) is 1.77. The van der Waals surface area contributed by atoms with Gasteiger partial charge in [-0.25, -0.2) is 9.97 Å². The zero-order valence-corrected chi connectivity index (χ0v) is 12.4. The van der Waals surface area contributed by atoms with Crippen LogP contribution in [-0.2, 0) is 10.3 Å². The SMILES string of the molecule is COC1(c2nc(Cl)cc(C3CC3)n2)CCC(C)CC1. The van der Waals surface area contributed by atoms with Crippen LogP contribution in [0.5, 0.6) is 0 Å². The summed E-state index contributed by atoms with van der Waals surface area (Å²) in [4.78, 5) is 9.23. The Labute approximate surface area is 119 Å². The lowest BCUT2D eigenvalue weighted by atomic mass is 9.79. The van der Waals surface area contributed by atoms with Crippen molar-refractivity contribution in [3.05, 3.63) is 22.7 Å². The van der Waals surface area contributed by atoms with Crippen molar-refractivity contribution < 1.29 is 4.74 Å². The lowest BCUT2D eigenvalue weighted by Crippen LogP contribution is -2.35. The number of ether oxygens (including phenoxy) is 1. The molecule has 0 aromatic carbocycles. The first-order valence-corrected chi connectivity index (χ1v) is 7.61. The topological polar surface area (TPSA) is 35.0 Å². The molecule has 0 N–H and O–H groups in total. The lowest BCUT2D eigenvalue weighted by Gasteiger charge is -2.37. The zero-order chi connectivity index (χ0) is 13.5. The van der Waals surface area contributed by atoms with Crippen molar-refractivity contribution >= 4 is 11.6 Å². The van der Waals surface area contributed by atoms with Gasteiger partial charge in [-0.05, 0) is 50.5 Å². The Morgan fingerprint density at radius 2 is 1.89 bits per heavy atom. The van der Waals surface area contributed by atoms with Crippen LogP contribution in [0.1, 0.15) is 62.9 Å². The van der Waals surface area contributed by atoms with Crippen LogP contribution < -0.4 is 0 Å². The Hall–Kier alpha value is -0.670. The predicted molar refractivity (Wildman–Crippen MR) is 75.3 cm³/mol. The molecule has 2 aliphatic carbocycles. The summed E-state index contributed by atoms with van der Waals surface area (Å²) in [6, 6.07) is 1.91. The molecule has 0 radical (unpaired) electrons. The second-order valence-electron chi connectivity index (χ2n) is 6.09. The van der Waals surface area contributed by atoms with Crippen molar-refractivity contribution in [1.82, 2.24) is 9.97 Å². The average molecular weight is 281 g/mol.